The molecule has 0 aliphatic rings. The summed E-state index contributed by atoms with van der Waals surface area (Å²) in [5, 5.41) is 0.677. The van der Waals surface area contributed by atoms with Crippen LogP contribution in [0.3, 0.4) is 0 Å². The highest BCUT2D eigenvalue weighted by Gasteiger charge is 2.23. The van der Waals surface area contributed by atoms with Crippen molar-refractivity contribution >= 4 is 35.0 Å². The molecule has 0 heterocycles. The van der Waals surface area contributed by atoms with Crippen LogP contribution in [0.15, 0.2) is 78.9 Å². The van der Waals surface area contributed by atoms with Gasteiger partial charge in [0.05, 0.1) is 5.92 Å². The number of hydrogen-bond donors (Lipinski definition) is 2. The first kappa shape index (κ1) is 19.0. The lowest BCUT2D eigenvalue weighted by molar-refractivity contribution is -0.122. The summed E-state index contributed by atoms with van der Waals surface area (Å²) in [7, 11) is 0. The van der Waals surface area contributed by atoms with Gasteiger partial charge in [0.1, 0.15) is 0 Å². The van der Waals surface area contributed by atoms with E-state index in [1.54, 1.807) is 0 Å². The lowest BCUT2D eigenvalue weighted by Crippen LogP contribution is -2.44. The number of benzene rings is 3. The fraction of sp³-hybridized carbons (Fsp3) is 0.0476. The van der Waals surface area contributed by atoms with Crippen molar-refractivity contribution in [2.24, 2.45) is 0 Å². The Balaban J connectivity index is 1.78. The second kappa shape index (κ2) is 8.71. The second-order valence-electron chi connectivity index (χ2n) is 5.86. The van der Waals surface area contributed by atoms with E-state index in [-0.39, 0.29) is 11.5 Å². The van der Waals surface area contributed by atoms with Crippen LogP contribution in [0.4, 0.5) is 0 Å². The number of hydrazine groups is 1. The Hall–Kier alpha value is -2.82. The third-order valence-electron chi connectivity index (χ3n) is 3.95. The van der Waals surface area contributed by atoms with Crippen LogP contribution in [0.5, 0.6) is 0 Å². The lowest BCUT2D eigenvalue weighted by atomic mass is 9.91. The average molecular weight is 399 g/mol. The Morgan fingerprint density at radius 1 is 0.704 bits per heavy atom. The van der Waals surface area contributed by atoms with Gasteiger partial charge in [0, 0.05) is 15.6 Å². The number of nitrogens with one attached hydrogen (secondary N) is 2. The minimum absolute atomic E-state index is 0.253. The number of halogens is 2. The standard InChI is InChI=1S/C21H16Cl2N2O2/c22-17-11-16(12-18(23)13-17)20(26)24-25-21(27)19(14-7-3-1-4-8-14)15-9-5-2-6-10-15/h1-13,19H,(H,24,26)(H,25,27). The molecule has 0 saturated carbocycles. The van der Waals surface area contributed by atoms with Crippen LogP contribution in [-0.2, 0) is 4.79 Å². The van der Waals surface area contributed by atoms with Crippen molar-refractivity contribution < 1.29 is 9.59 Å². The van der Waals surface area contributed by atoms with Crippen LogP contribution < -0.4 is 10.9 Å². The summed E-state index contributed by atoms with van der Waals surface area (Å²) in [6.45, 7) is 0. The third kappa shape index (κ3) is 4.88. The average Bonchev–Trinajstić information content (AvgIpc) is 2.67. The fourth-order valence-electron chi connectivity index (χ4n) is 2.73. The van der Waals surface area contributed by atoms with Gasteiger partial charge in [-0.25, -0.2) is 0 Å². The first-order valence-electron chi connectivity index (χ1n) is 8.21. The molecule has 3 aromatic carbocycles. The summed E-state index contributed by atoms with van der Waals surface area (Å²) >= 11 is 11.8. The maximum Gasteiger partial charge on any atom is 0.269 e. The first-order valence-corrected chi connectivity index (χ1v) is 8.96. The molecular weight excluding hydrogens is 383 g/mol. The summed E-state index contributed by atoms with van der Waals surface area (Å²) in [6.07, 6.45) is 0. The Labute approximate surface area is 167 Å². The van der Waals surface area contributed by atoms with Gasteiger partial charge >= 0.3 is 0 Å². The molecule has 3 aromatic rings. The van der Waals surface area contributed by atoms with Crippen LogP contribution in [0.25, 0.3) is 0 Å². The quantitative estimate of drug-likeness (QED) is 0.631. The minimum atomic E-state index is -0.560. The molecule has 27 heavy (non-hydrogen) atoms. The molecule has 0 aromatic heterocycles. The molecule has 0 spiro atoms. The zero-order chi connectivity index (χ0) is 19.2. The van der Waals surface area contributed by atoms with Gasteiger partial charge < -0.3 is 0 Å². The van der Waals surface area contributed by atoms with E-state index in [0.29, 0.717) is 10.0 Å². The van der Waals surface area contributed by atoms with Crippen molar-refractivity contribution in [1.82, 2.24) is 10.9 Å². The minimum Gasteiger partial charge on any atom is -0.272 e. The number of rotatable bonds is 4. The van der Waals surface area contributed by atoms with Crippen molar-refractivity contribution in [2.45, 2.75) is 5.92 Å². The van der Waals surface area contributed by atoms with E-state index in [0.717, 1.165) is 11.1 Å². The molecular formula is C21H16Cl2N2O2. The summed E-state index contributed by atoms with van der Waals surface area (Å²) in [5.74, 6) is -1.42. The predicted octanol–water partition coefficient (Wildman–Crippen LogP) is 4.59. The zero-order valence-corrected chi connectivity index (χ0v) is 15.7. The molecule has 136 valence electrons. The molecule has 0 saturated heterocycles. The van der Waals surface area contributed by atoms with Crippen LogP contribution in [0.1, 0.15) is 27.4 Å². The highest BCUT2D eigenvalue weighted by atomic mass is 35.5. The smallest absolute Gasteiger partial charge is 0.269 e. The number of carbonyl (C=O) groups excluding carboxylic acids is 2. The fourth-order valence-corrected chi connectivity index (χ4v) is 3.26. The summed E-state index contributed by atoms with van der Waals surface area (Å²) < 4.78 is 0. The van der Waals surface area contributed by atoms with Crippen molar-refractivity contribution in [3.05, 3.63) is 106 Å². The third-order valence-corrected chi connectivity index (χ3v) is 4.39. The van der Waals surface area contributed by atoms with Gasteiger partial charge in [-0.3, -0.25) is 20.4 Å². The Morgan fingerprint density at radius 3 is 1.67 bits per heavy atom. The van der Waals surface area contributed by atoms with Crippen LogP contribution in [0, 0.1) is 0 Å². The second-order valence-corrected chi connectivity index (χ2v) is 6.73. The number of amides is 2. The van der Waals surface area contributed by atoms with Gasteiger partial charge in [-0.05, 0) is 29.3 Å². The van der Waals surface area contributed by atoms with Crippen molar-refractivity contribution in [2.75, 3.05) is 0 Å². The molecule has 0 unspecified atom stereocenters. The highest BCUT2D eigenvalue weighted by Crippen LogP contribution is 2.24. The normalized spacial score (nSPS) is 10.5. The maximum absolute atomic E-state index is 12.8. The Kier molecular flexibility index (Phi) is 6.12. The monoisotopic (exact) mass is 398 g/mol. The summed E-state index contributed by atoms with van der Waals surface area (Å²) in [5.41, 5.74) is 6.80. The van der Waals surface area contributed by atoms with E-state index in [4.69, 9.17) is 23.2 Å². The van der Waals surface area contributed by atoms with E-state index in [9.17, 15) is 9.59 Å². The molecule has 6 heteroatoms. The zero-order valence-electron chi connectivity index (χ0n) is 14.2. The largest absolute Gasteiger partial charge is 0.272 e. The Morgan fingerprint density at radius 2 is 1.19 bits per heavy atom. The highest BCUT2D eigenvalue weighted by molar-refractivity contribution is 6.35. The van der Waals surface area contributed by atoms with Crippen molar-refractivity contribution in [1.29, 1.82) is 0 Å². The molecule has 3 rings (SSSR count). The summed E-state index contributed by atoms with van der Waals surface area (Å²) in [4.78, 5) is 25.1. The van der Waals surface area contributed by atoms with E-state index in [2.05, 4.69) is 10.9 Å². The van der Waals surface area contributed by atoms with Gasteiger partial charge in [0.15, 0.2) is 0 Å². The summed E-state index contributed by atoms with van der Waals surface area (Å²) in [6, 6.07) is 23.2. The molecule has 0 fully saturated rings. The molecule has 2 N–H and O–H groups in total. The van der Waals surface area contributed by atoms with E-state index in [1.165, 1.54) is 18.2 Å². The SMILES string of the molecule is O=C(NNC(=O)C(c1ccccc1)c1ccccc1)c1cc(Cl)cc(Cl)c1. The Bertz CT molecular complexity index is 887. The van der Waals surface area contributed by atoms with Crippen LogP contribution >= 0.6 is 23.2 Å². The molecule has 0 aliphatic carbocycles. The van der Waals surface area contributed by atoms with Crippen molar-refractivity contribution in [3.8, 4) is 0 Å². The lowest BCUT2D eigenvalue weighted by Gasteiger charge is -2.18. The molecule has 2 amide bonds. The van der Waals surface area contributed by atoms with E-state index >= 15 is 0 Å². The van der Waals surface area contributed by atoms with Gasteiger partial charge in [-0.15, -0.1) is 0 Å². The number of hydrogen-bond acceptors (Lipinski definition) is 2. The molecule has 0 bridgehead atoms. The van der Waals surface area contributed by atoms with Crippen LogP contribution in [-0.4, -0.2) is 11.8 Å². The molecule has 4 nitrogen and oxygen atoms in total. The first-order chi connectivity index (χ1) is 13.0. The van der Waals surface area contributed by atoms with E-state index < -0.39 is 11.8 Å². The van der Waals surface area contributed by atoms with Gasteiger partial charge in [0.2, 0.25) is 5.91 Å². The topological polar surface area (TPSA) is 58.2 Å². The molecule has 0 atom stereocenters. The van der Waals surface area contributed by atoms with Crippen molar-refractivity contribution in [3.63, 3.8) is 0 Å². The maximum atomic E-state index is 12.8. The molecule has 0 aliphatic heterocycles. The van der Waals surface area contributed by atoms with E-state index in [1.807, 2.05) is 60.7 Å². The van der Waals surface area contributed by atoms with Gasteiger partial charge in [-0.2, -0.15) is 0 Å². The molecule has 0 radical (unpaired) electrons. The van der Waals surface area contributed by atoms with Gasteiger partial charge in [-0.1, -0.05) is 83.9 Å². The van der Waals surface area contributed by atoms with Crippen LogP contribution in [0.2, 0.25) is 10.0 Å². The predicted molar refractivity (Wildman–Crippen MR) is 107 cm³/mol. The number of carbonyl (C=O) groups is 2. The van der Waals surface area contributed by atoms with Gasteiger partial charge in [0.25, 0.3) is 5.91 Å².